The lowest BCUT2D eigenvalue weighted by atomic mass is 10.1. The summed E-state index contributed by atoms with van der Waals surface area (Å²) < 4.78 is 0. The van der Waals surface area contributed by atoms with Gasteiger partial charge < -0.3 is 10.2 Å². The van der Waals surface area contributed by atoms with Gasteiger partial charge >= 0.3 is 5.97 Å². The maximum Gasteiger partial charge on any atom is 0.328 e. The molecule has 0 aromatic rings. The predicted octanol–water partition coefficient (Wildman–Crippen LogP) is 1.57. The molecule has 0 saturated carbocycles. The van der Waals surface area contributed by atoms with Gasteiger partial charge in [0.15, 0.2) is 0 Å². The molecule has 3 nitrogen and oxygen atoms in total. The Hall–Kier alpha value is -0.830. The minimum atomic E-state index is -1.01. The van der Waals surface area contributed by atoms with E-state index in [0.717, 1.165) is 25.3 Å². The van der Waals surface area contributed by atoms with Gasteiger partial charge in [0.2, 0.25) is 0 Å². The molecule has 0 amide bonds. The molecule has 0 aliphatic rings. The first-order valence-electron chi connectivity index (χ1n) is 4.26. The molecule has 0 aliphatic carbocycles. The van der Waals surface area contributed by atoms with E-state index < -0.39 is 12.1 Å². The second-order valence-corrected chi connectivity index (χ2v) is 2.76. The molecule has 0 rings (SSSR count). The lowest BCUT2D eigenvalue weighted by Gasteiger charge is -2.02. The van der Waals surface area contributed by atoms with Gasteiger partial charge in [-0.15, -0.1) is 0 Å². The maximum atomic E-state index is 10.0. The van der Waals surface area contributed by atoms with Crippen molar-refractivity contribution in [3.63, 3.8) is 0 Å². The molecule has 0 fully saturated rings. The summed E-state index contributed by atoms with van der Waals surface area (Å²) in [7, 11) is 0. The van der Waals surface area contributed by atoms with Crippen molar-refractivity contribution in [2.75, 3.05) is 0 Å². The molecule has 0 saturated heterocycles. The van der Waals surface area contributed by atoms with Crippen LogP contribution in [0.1, 0.15) is 32.6 Å². The fourth-order valence-electron chi connectivity index (χ4n) is 0.893. The molecular formula is C9H16O3. The van der Waals surface area contributed by atoms with Crippen LogP contribution in [0.4, 0.5) is 0 Å². The van der Waals surface area contributed by atoms with E-state index >= 15 is 0 Å². The zero-order chi connectivity index (χ0) is 9.40. The van der Waals surface area contributed by atoms with Gasteiger partial charge in [-0.25, -0.2) is 4.79 Å². The van der Waals surface area contributed by atoms with Crippen LogP contribution in [-0.4, -0.2) is 22.3 Å². The second-order valence-electron chi connectivity index (χ2n) is 2.76. The maximum absolute atomic E-state index is 10.0. The summed E-state index contributed by atoms with van der Waals surface area (Å²) in [6.07, 6.45) is 5.48. The highest BCUT2D eigenvalue weighted by Gasteiger charge is 1.98. The lowest BCUT2D eigenvalue weighted by molar-refractivity contribution is -0.131. The summed E-state index contributed by atoms with van der Waals surface area (Å²) in [5, 5.41) is 17.4. The van der Waals surface area contributed by atoms with Crippen molar-refractivity contribution < 1.29 is 15.0 Å². The van der Waals surface area contributed by atoms with Crippen LogP contribution in [-0.2, 0) is 4.79 Å². The highest BCUT2D eigenvalue weighted by atomic mass is 16.4. The number of aliphatic carboxylic acids is 1. The first-order chi connectivity index (χ1) is 5.66. The Kier molecular flexibility index (Phi) is 6.38. The zero-order valence-corrected chi connectivity index (χ0v) is 7.36. The molecule has 0 spiro atoms. The first kappa shape index (κ1) is 11.2. The summed E-state index contributed by atoms with van der Waals surface area (Å²) in [6, 6.07) is 0. The van der Waals surface area contributed by atoms with E-state index in [1.807, 2.05) is 0 Å². The Labute approximate surface area is 72.7 Å². The van der Waals surface area contributed by atoms with Gasteiger partial charge in [0.1, 0.15) is 0 Å². The molecule has 3 heteroatoms. The molecular weight excluding hydrogens is 156 g/mol. The lowest BCUT2D eigenvalue weighted by Crippen LogP contribution is -2.02. The van der Waals surface area contributed by atoms with Crippen molar-refractivity contribution in [2.45, 2.75) is 38.7 Å². The van der Waals surface area contributed by atoms with Crippen molar-refractivity contribution in [3.05, 3.63) is 12.2 Å². The standard InChI is InChI=1S/C9H16O3/c1-2-3-4-5-8(10)6-7-9(11)12/h6-8,10H,2-5H2,1H3,(H,11,12)/b7-6-/t8-/m1/s1. The van der Waals surface area contributed by atoms with Crippen molar-refractivity contribution in [3.8, 4) is 0 Å². The first-order valence-corrected chi connectivity index (χ1v) is 4.26. The van der Waals surface area contributed by atoms with E-state index in [0.29, 0.717) is 6.42 Å². The molecule has 0 aromatic carbocycles. The molecule has 2 N–H and O–H groups in total. The number of carboxylic acid groups (broad SMARTS) is 1. The van der Waals surface area contributed by atoms with Crippen molar-refractivity contribution in [2.24, 2.45) is 0 Å². The molecule has 0 aromatic heterocycles. The number of carboxylic acids is 1. The average molecular weight is 172 g/mol. The predicted molar refractivity (Wildman–Crippen MR) is 46.9 cm³/mol. The molecule has 0 unspecified atom stereocenters. The molecule has 0 heterocycles. The number of aliphatic hydroxyl groups is 1. The Morgan fingerprint density at radius 3 is 2.67 bits per heavy atom. The number of hydrogen-bond donors (Lipinski definition) is 2. The average Bonchev–Trinajstić information content (AvgIpc) is 2.01. The van der Waals surface area contributed by atoms with Gasteiger partial charge in [-0.3, -0.25) is 0 Å². The van der Waals surface area contributed by atoms with Crippen LogP contribution < -0.4 is 0 Å². The van der Waals surface area contributed by atoms with E-state index in [1.54, 1.807) is 0 Å². The molecule has 1 atom stereocenters. The van der Waals surface area contributed by atoms with Crippen LogP contribution in [0.5, 0.6) is 0 Å². The van der Waals surface area contributed by atoms with E-state index in [4.69, 9.17) is 5.11 Å². The highest BCUT2D eigenvalue weighted by Crippen LogP contribution is 2.03. The van der Waals surface area contributed by atoms with Gasteiger partial charge in [-0.05, 0) is 12.5 Å². The van der Waals surface area contributed by atoms with Crippen LogP contribution in [0.15, 0.2) is 12.2 Å². The number of carbonyl (C=O) groups is 1. The minimum absolute atomic E-state index is 0.604. The zero-order valence-electron chi connectivity index (χ0n) is 7.36. The number of aliphatic hydroxyl groups excluding tert-OH is 1. The van der Waals surface area contributed by atoms with Crippen LogP contribution >= 0.6 is 0 Å². The smallest absolute Gasteiger partial charge is 0.328 e. The van der Waals surface area contributed by atoms with E-state index in [2.05, 4.69) is 6.92 Å². The second kappa shape index (κ2) is 6.85. The summed E-state index contributed by atoms with van der Waals surface area (Å²) in [5.74, 6) is -1.01. The van der Waals surface area contributed by atoms with Gasteiger partial charge in [-0.1, -0.05) is 26.2 Å². The van der Waals surface area contributed by atoms with Crippen LogP contribution in [0.3, 0.4) is 0 Å². The van der Waals surface area contributed by atoms with Crippen LogP contribution in [0.2, 0.25) is 0 Å². The Balaban J connectivity index is 3.45. The third kappa shape index (κ3) is 7.28. The van der Waals surface area contributed by atoms with Gasteiger partial charge in [0, 0.05) is 6.08 Å². The van der Waals surface area contributed by atoms with E-state index in [-0.39, 0.29) is 0 Å². The number of hydrogen-bond acceptors (Lipinski definition) is 2. The molecule has 0 bridgehead atoms. The molecule has 70 valence electrons. The summed E-state index contributed by atoms with van der Waals surface area (Å²) >= 11 is 0. The number of rotatable bonds is 6. The van der Waals surface area contributed by atoms with E-state index in [1.165, 1.54) is 6.08 Å². The Morgan fingerprint density at radius 2 is 2.17 bits per heavy atom. The summed E-state index contributed by atoms with van der Waals surface area (Å²) in [4.78, 5) is 10.0. The van der Waals surface area contributed by atoms with Crippen LogP contribution in [0.25, 0.3) is 0 Å². The third-order valence-corrected chi connectivity index (χ3v) is 1.56. The minimum Gasteiger partial charge on any atom is -0.478 e. The van der Waals surface area contributed by atoms with Crippen LogP contribution in [0, 0.1) is 0 Å². The summed E-state index contributed by atoms with van der Waals surface area (Å²) in [5.41, 5.74) is 0. The van der Waals surface area contributed by atoms with Gasteiger partial charge in [0.25, 0.3) is 0 Å². The largest absolute Gasteiger partial charge is 0.478 e. The highest BCUT2D eigenvalue weighted by molar-refractivity contribution is 5.79. The van der Waals surface area contributed by atoms with Gasteiger partial charge in [0.05, 0.1) is 6.10 Å². The molecule has 0 radical (unpaired) electrons. The van der Waals surface area contributed by atoms with Crippen molar-refractivity contribution >= 4 is 5.97 Å². The Morgan fingerprint density at radius 1 is 1.50 bits per heavy atom. The SMILES string of the molecule is CCCCC[C@@H](O)/C=C\C(=O)O. The molecule has 12 heavy (non-hydrogen) atoms. The monoisotopic (exact) mass is 172 g/mol. The normalized spacial score (nSPS) is 13.5. The fraction of sp³-hybridized carbons (Fsp3) is 0.667. The Bertz CT molecular complexity index is 152. The molecule has 0 aliphatic heterocycles. The van der Waals surface area contributed by atoms with E-state index in [9.17, 15) is 9.90 Å². The van der Waals surface area contributed by atoms with Gasteiger partial charge in [-0.2, -0.15) is 0 Å². The van der Waals surface area contributed by atoms with Crippen molar-refractivity contribution in [1.29, 1.82) is 0 Å². The third-order valence-electron chi connectivity index (χ3n) is 1.56. The number of unbranched alkanes of at least 4 members (excludes halogenated alkanes) is 2. The topological polar surface area (TPSA) is 57.5 Å². The quantitative estimate of drug-likeness (QED) is 0.472. The summed E-state index contributed by atoms with van der Waals surface area (Å²) in [6.45, 7) is 2.08. The fourth-order valence-corrected chi connectivity index (χ4v) is 0.893. The van der Waals surface area contributed by atoms with Crippen molar-refractivity contribution in [1.82, 2.24) is 0 Å².